The molecule has 254 valence electrons. The first kappa shape index (κ1) is 40.3. The van der Waals surface area contributed by atoms with E-state index in [-0.39, 0.29) is 35.8 Å². The molecule has 0 aromatic carbocycles. The predicted octanol–water partition coefficient (Wildman–Crippen LogP) is 10.8. The Morgan fingerprint density at radius 2 is 1.05 bits per heavy atom. The van der Waals surface area contributed by atoms with Crippen LogP contribution in [0, 0.1) is 27.1 Å². The van der Waals surface area contributed by atoms with Gasteiger partial charge in [0.2, 0.25) is 0 Å². The van der Waals surface area contributed by atoms with Gasteiger partial charge in [-0.3, -0.25) is 9.13 Å². The van der Waals surface area contributed by atoms with E-state index in [0.717, 1.165) is 12.8 Å². The summed E-state index contributed by atoms with van der Waals surface area (Å²) >= 11 is 0. The Kier molecular flexibility index (Phi) is 11.2. The molecule has 5 unspecified atom stereocenters. The minimum absolute atomic E-state index is 0.0669. The van der Waals surface area contributed by atoms with E-state index in [0.29, 0.717) is 19.3 Å². The van der Waals surface area contributed by atoms with Gasteiger partial charge in [0.15, 0.2) is 0 Å². The third-order valence-electron chi connectivity index (χ3n) is 12.5. The van der Waals surface area contributed by atoms with Crippen molar-refractivity contribution in [3.8, 4) is 0 Å². The molecule has 43 heavy (non-hydrogen) atoms. The first-order valence-corrected chi connectivity index (χ1v) is 23.7. The van der Waals surface area contributed by atoms with Crippen LogP contribution in [-0.4, -0.2) is 45.2 Å². The quantitative estimate of drug-likeness (QED) is 0.0897. The Morgan fingerprint density at radius 3 is 1.35 bits per heavy atom. The van der Waals surface area contributed by atoms with Crippen LogP contribution in [0.3, 0.4) is 0 Å². The first-order chi connectivity index (χ1) is 18.9. The van der Waals surface area contributed by atoms with Gasteiger partial charge in [-0.25, -0.2) is 0 Å². The standard InChI is InChI=1S/C31H63O7P5/c1-15-23(5,6)19-24(7,8)30(20-25(9,10)42(33,34)35,26(11,16-2)21-28(13,18-4)43(36,37)38)27(12,17-3)22-29(14,32)31-39-41(31)40-31/h32H,15-22H2,1-14H3,(H2,33,34,35)(H2,36,37,38). The molecule has 0 spiro atoms. The summed E-state index contributed by atoms with van der Waals surface area (Å²) in [5.41, 5.74) is -3.83. The first-order valence-electron chi connectivity index (χ1n) is 16.0. The highest BCUT2D eigenvalue weighted by Crippen LogP contribution is 2.97. The van der Waals surface area contributed by atoms with Crippen molar-refractivity contribution < 1.29 is 33.8 Å². The summed E-state index contributed by atoms with van der Waals surface area (Å²) < 4.78 is 26.4. The highest BCUT2D eigenvalue weighted by atomic mass is 32.1. The molecule has 0 saturated heterocycles. The lowest BCUT2D eigenvalue weighted by Gasteiger charge is -2.70. The Morgan fingerprint density at radius 1 is 0.628 bits per heavy atom. The molecular formula is C31H63O7P5. The summed E-state index contributed by atoms with van der Waals surface area (Å²) in [5.74, 6) is 0. The molecule has 0 fully saturated rings. The van der Waals surface area contributed by atoms with E-state index < -0.39 is 52.8 Å². The maximum Gasteiger partial charge on any atom is 0.331 e. The summed E-state index contributed by atoms with van der Waals surface area (Å²) in [5, 5.41) is 9.53. The molecule has 2 heterocycles. The lowest BCUT2D eigenvalue weighted by atomic mass is 9.36. The monoisotopic (exact) mass is 702 g/mol. The maximum atomic E-state index is 13.3. The summed E-state index contributed by atoms with van der Waals surface area (Å²) in [7, 11) is -6.51. The average molecular weight is 703 g/mol. The molecule has 2 rings (SSSR count). The van der Waals surface area contributed by atoms with Crippen molar-refractivity contribution >= 4 is 37.4 Å². The number of aliphatic hydroxyl groups is 1. The van der Waals surface area contributed by atoms with Crippen LogP contribution in [0.4, 0.5) is 0 Å². The number of fused-ring (bicyclic) bond motifs is 1. The fourth-order valence-corrected chi connectivity index (χ4v) is 21.4. The third kappa shape index (κ3) is 6.87. The average Bonchev–Trinajstić information content (AvgIpc) is 3.71. The largest absolute Gasteiger partial charge is 0.387 e. The van der Waals surface area contributed by atoms with Gasteiger partial charge in [0.1, 0.15) is 4.64 Å². The topological polar surface area (TPSA) is 135 Å². The van der Waals surface area contributed by atoms with E-state index in [1.165, 1.54) is 15.7 Å². The van der Waals surface area contributed by atoms with Crippen LogP contribution < -0.4 is 0 Å². The summed E-state index contributed by atoms with van der Waals surface area (Å²) in [6.45, 7) is 28.3. The minimum Gasteiger partial charge on any atom is -0.387 e. The van der Waals surface area contributed by atoms with E-state index in [1.54, 1.807) is 20.8 Å². The Labute approximate surface area is 266 Å². The van der Waals surface area contributed by atoms with Gasteiger partial charge in [-0.2, -0.15) is 0 Å². The molecule has 0 bridgehead atoms. The van der Waals surface area contributed by atoms with Crippen LogP contribution in [0.2, 0.25) is 0 Å². The van der Waals surface area contributed by atoms with Crippen LogP contribution >= 0.6 is 37.4 Å². The zero-order valence-electron chi connectivity index (χ0n) is 29.4. The second-order valence-electron chi connectivity index (χ2n) is 17.0. The van der Waals surface area contributed by atoms with Gasteiger partial charge < -0.3 is 24.7 Å². The molecule has 0 radical (unpaired) electrons. The maximum absolute atomic E-state index is 13.3. The Balaban J connectivity index is 3.13. The summed E-state index contributed by atoms with van der Waals surface area (Å²) in [4.78, 5) is 43.2. The van der Waals surface area contributed by atoms with E-state index in [2.05, 4.69) is 62.3 Å². The zero-order chi connectivity index (χ0) is 34.1. The summed E-state index contributed by atoms with van der Waals surface area (Å²) in [6, 6.07) is 0. The lowest BCUT2D eigenvalue weighted by molar-refractivity contribution is -0.206. The molecule has 5 N–H and O–H groups in total. The molecule has 0 aliphatic carbocycles. The number of hydrogen-bond donors (Lipinski definition) is 5. The molecule has 2 aliphatic heterocycles. The summed E-state index contributed by atoms with van der Waals surface area (Å²) in [6.07, 6.45) is 4.02. The zero-order valence-corrected chi connectivity index (χ0v) is 33.9. The van der Waals surface area contributed by atoms with E-state index >= 15 is 0 Å². The van der Waals surface area contributed by atoms with Crippen molar-refractivity contribution in [1.29, 1.82) is 0 Å². The van der Waals surface area contributed by atoms with Crippen molar-refractivity contribution in [2.75, 3.05) is 0 Å². The van der Waals surface area contributed by atoms with Gasteiger partial charge in [-0.1, -0.05) is 88.5 Å². The van der Waals surface area contributed by atoms with Crippen LogP contribution in [0.25, 0.3) is 0 Å². The van der Waals surface area contributed by atoms with Crippen molar-refractivity contribution in [3.05, 3.63) is 0 Å². The SMILES string of the molecule is CCC(C)(C)CC(C)(C)C(CC(C)(C)P(=O)(O)O)(C(C)(CC)CC(C)(O)C12P=P1=P2)C(C)(CC)CC(C)(CC)P(=O)(O)O. The Hall–Kier alpha value is 1.16. The van der Waals surface area contributed by atoms with Gasteiger partial charge in [0.05, 0.1) is 15.9 Å². The third-order valence-corrected chi connectivity index (χ3v) is 27.7. The van der Waals surface area contributed by atoms with Crippen LogP contribution in [0.5, 0.6) is 0 Å². The van der Waals surface area contributed by atoms with Gasteiger partial charge in [0.25, 0.3) is 0 Å². The molecule has 2 aliphatic rings. The molecule has 7 nitrogen and oxygen atoms in total. The van der Waals surface area contributed by atoms with Crippen molar-refractivity contribution in [2.24, 2.45) is 27.1 Å². The van der Waals surface area contributed by atoms with Gasteiger partial charge in [-0.05, 0) is 109 Å². The molecule has 0 saturated carbocycles. The predicted molar refractivity (Wildman–Crippen MR) is 187 cm³/mol. The highest BCUT2D eigenvalue weighted by molar-refractivity contribution is 8.45. The molecule has 0 amide bonds. The lowest BCUT2D eigenvalue weighted by Crippen LogP contribution is -2.64. The normalized spacial score (nSPS) is 28.0. The van der Waals surface area contributed by atoms with Gasteiger partial charge in [0, 0.05) is 0 Å². The molecule has 12 heteroatoms. The van der Waals surface area contributed by atoms with Crippen LogP contribution in [0.1, 0.15) is 148 Å². The second kappa shape index (κ2) is 11.9. The fraction of sp³-hybridized carbons (Fsp3) is 1.00. The highest BCUT2D eigenvalue weighted by Gasteiger charge is 2.72. The smallest absolute Gasteiger partial charge is 0.331 e. The molecule has 0 aromatic heterocycles. The van der Waals surface area contributed by atoms with Crippen LogP contribution in [0.15, 0.2) is 0 Å². The molecular weight excluding hydrogens is 639 g/mol. The van der Waals surface area contributed by atoms with E-state index in [4.69, 9.17) is 0 Å². The van der Waals surface area contributed by atoms with Crippen LogP contribution in [-0.2, 0) is 9.13 Å². The fourth-order valence-electron chi connectivity index (χ4n) is 9.22. The van der Waals surface area contributed by atoms with Gasteiger partial charge >= 0.3 is 15.2 Å². The van der Waals surface area contributed by atoms with Crippen molar-refractivity contribution in [3.63, 3.8) is 0 Å². The van der Waals surface area contributed by atoms with E-state index in [1.807, 2.05) is 13.8 Å². The van der Waals surface area contributed by atoms with E-state index in [9.17, 15) is 33.8 Å². The second-order valence-corrected chi connectivity index (χ2v) is 30.1. The molecule has 5 atom stereocenters. The number of rotatable bonds is 18. The van der Waals surface area contributed by atoms with Gasteiger partial charge in [-0.15, -0.1) is 0 Å². The minimum atomic E-state index is -4.62. The Bertz CT molecular complexity index is 1240. The van der Waals surface area contributed by atoms with Crippen molar-refractivity contribution in [1.82, 2.24) is 0 Å². The van der Waals surface area contributed by atoms with Crippen molar-refractivity contribution in [2.45, 2.75) is 169 Å². The number of hydrogen-bond acceptors (Lipinski definition) is 3. The molecule has 0 aromatic rings.